The summed E-state index contributed by atoms with van der Waals surface area (Å²) in [6, 6.07) is 5.10. The number of unbranched alkanes of at least 4 members (excludes halogenated alkanes) is 1. The fourth-order valence-corrected chi connectivity index (χ4v) is 4.30. The molecule has 1 aliphatic heterocycles. The van der Waals surface area contributed by atoms with E-state index >= 15 is 0 Å². The molecule has 2 aromatic rings. The van der Waals surface area contributed by atoms with Crippen molar-refractivity contribution in [2.45, 2.75) is 45.6 Å². The number of hydrogen-bond donors (Lipinski definition) is 2. The Morgan fingerprint density at radius 1 is 1.23 bits per heavy atom. The van der Waals surface area contributed by atoms with Gasteiger partial charge in [-0.15, -0.1) is 0 Å². The second-order valence-electron chi connectivity index (χ2n) is 8.48. The molecule has 1 saturated heterocycles. The van der Waals surface area contributed by atoms with Crippen LogP contribution in [0.15, 0.2) is 23.0 Å². The predicted octanol–water partition coefficient (Wildman–Crippen LogP) is 3.34. The third-order valence-corrected chi connectivity index (χ3v) is 6.36. The van der Waals surface area contributed by atoms with Crippen LogP contribution in [0.2, 0.25) is 0 Å². The normalized spacial score (nSPS) is 15.4. The summed E-state index contributed by atoms with van der Waals surface area (Å²) in [4.78, 5) is 30.9. The average molecular weight is 447 g/mol. The molecule has 0 spiro atoms. The first-order valence-electron chi connectivity index (χ1n) is 11.3. The Hall–Kier alpha value is -2.03. The molecule has 1 fully saturated rings. The summed E-state index contributed by atoms with van der Waals surface area (Å²) in [6.45, 7) is 7.53. The molecule has 0 unspecified atom stereocenters. The first kappa shape index (κ1) is 23.6. The van der Waals surface area contributed by atoms with Gasteiger partial charge in [0.15, 0.2) is 4.77 Å². The minimum Gasteiger partial charge on any atom is -0.385 e. The number of carbonyl (C=O) groups excluding carboxylic acids is 1. The van der Waals surface area contributed by atoms with Crippen LogP contribution in [0.4, 0.5) is 0 Å². The van der Waals surface area contributed by atoms with Gasteiger partial charge in [-0.25, -0.2) is 0 Å². The maximum atomic E-state index is 12.7. The van der Waals surface area contributed by atoms with Crippen LogP contribution in [0.25, 0.3) is 10.9 Å². The molecule has 31 heavy (non-hydrogen) atoms. The van der Waals surface area contributed by atoms with Crippen molar-refractivity contribution in [3.63, 3.8) is 0 Å². The van der Waals surface area contributed by atoms with Crippen LogP contribution >= 0.6 is 12.2 Å². The molecule has 0 bridgehead atoms. The van der Waals surface area contributed by atoms with Crippen molar-refractivity contribution in [3.05, 3.63) is 38.9 Å². The maximum absolute atomic E-state index is 12.7. The smallest absolute Gasteiger partial charge is 0.262 e. The van der Waals surface area contributed by atoms with Crippen LogP contribution in [-0.4, -0.2) is 60.3 Å². The zero-order valence-electron chi connectivity index (χ0n) is 18.6. The lowest BCUT2D eigenvalue weighted by molar-refractivity contribution is 0.0952. The Kier molecular flexibility index (Phi) is 8.80. The lowest BCUT2D eigenvalue weighted by atomic mass is 9.99. The molecule has 1 aliphatic rings. The molecule has 0 aliphatic carbocycles. The van der Waals surface area contributed by atoms with Crippen molar-refractivity contribution in [2.24, 2.45) is 5.92 Å². The minimum absolute atomic E-state index is 0.128. The summed E-state index contributed by atoms with van der Waals surface area (Å²) < 4.78 is 6.95. The largest absolute Gasteiger partial charge is 0.385 e. The number of amides is 1. The van der Waals surface area contributed by atoms with Crippen LogP contribution in [0.1, 0.15) is 49.4 Å². The lowest BCUT2D eigenvalue weighted by Gasteiger charge is -2.30. The summed E-state index contributed by atoms with van der Waals surface area (Å²) in [5.41, 5.74) is 0.971. The van der Waals surface area contributed by atoms with E-state index in [1.165, 1.54) is 25.9 Å². The summed E-state index contributed by atoms with van der Waals surface area (Å²) in [5, 5.41) is 3.52. The number of rotatable bonds is 10. The molecule has 170 valence electrons. The zero-order chi connectivity index (χ0) is 22.2. The Morgan fingerprint density at radius 3 is 2.74 bits per heavy atom. The van der Waals surface area contributed by atoms with Gasteiger partial charge in [0.1, 0.15) is 0 Å². The number of methoxy groups -OCH3 is 1. The fourth-order valence-electron chi connectivity index (χ4n) is 4.02. The molecule has 1 aromatic heterocycles. The van der Waals surface area contributed by atoms with Crippen LogP contribution in [-0.2, 0) is 11.3 Å². The number of ether oxygens (including phenoxy) is 1. The molecule has 0 saturated carbocycles. The van der Waals surface area contributed by atoms with Crippen molar-refractivity contribution >= 4 is 29.0 Å². The number of carbonyl (C=O) groups is 1. The van der Waals surface area contributed by atoms with Gasteiger partial charge in [0.2, 0.25) is 0 Å². The number of aromatic nitrogens is 2. The van der Waals surface area contributed by atoms with E-state index < -0.39 is 0 Å². The van der Waals surface area contributed by atoms with Crippen molar-refractivity contribution in [3.8, 4) is 0 Å². The van der Waals surface area contributed by atoms with Crippen LogP contribution < -0.4 is 10.9 Å². The van der Waals surface area contributed by atoms with Crippen molar-refractivity contribution in [1.82, 2.24) is 19.8 Å². The van der Waals surface area contributed by atoms with E-state index in [1.807, 2.05) is 0 Å². The van der Waals surface area contributed by atoms with E-state index in [9.17, 15) is 9.59 Å². The van der Waals surface area contributed by atoms with Gasteiger partial charge in [-0.1, -0.05) is 6.92 Å². The van der Waals surface area contributed by atoms with Gasteiger partial charge in [-0.2, -0.15) is 0 Å². The highest BCUT2D eigenvalue weighted by Crippen LogP contribution is 2.16. The first-order chi connectivity index (χ1) is 15.0. The molecule has 1 aromatic carbocycles. The van der Waals surface area contributed by atoms with Gasteiger partial charge in [0, 0.05) is 32.4 Å². The molecular weight excluding hydrogens is 412 g/mol. The summed E-state index contributed by atoms with van der Waals surface area (Å²) >= 11 is 5.35. The van der Waals surface area contributed by atoms with Crippen molar-refractivity contribution in [1.29, 1.82) is 0 Å². The summed E-state index contributed by atoms with van der Waals surface area (Å²) in [5.74, 6) is 0.724. The highest BCUT2D eigenvalue weighted by molar-refractivity contribution is 7.71. The third kappa shape index (κ3) is 6.48. The number of piperidine rings is 1. The van der Waals surface area contributed by atoms with Crippen LogP contribution in [0.3, 0.4) is 0 Å². The summed E-state index contributed by atoms with van der Waals surface area (Å²) in [7, 11) is 1.63. The molecule has 2 N–H and O–H groups in total. The molecule has 8 heteroatoms. The van der Waals surface area contributed by atoms with Gasteiger partial charge in [-0.3, -0.25) is 14.2 Å². The average Bonchev–Trinajstić information content (AvgIpc) is 2.76. The molecule has 0 atom stereocenters. The third-order valence-electron chi connectivity index (χ3n) is 6.04. The standard InChI is InChI=1S/C23H34N4O3S/c1-17-8-13-26(14-9-17)11-4-3-10-24-21(28)18-6-7-19-20(16-18)25-23(31)27(22(19)29)12-5-15-30-2/h6-7,16-17H,3-5,8-15H2,1-2H3,(H,24,28)(H,25,31). The van der Waals surface area contributed by atoms with Gasteiger partial charge in [0.05, 0.1) is 10.9 Å². The number of H-pyrrole nitrogens is 1. The number of nitrogens with zero attached hydrogens (tertiary/aromatic N) is 2. The highest BCUT2D eigenvalue weighted by atomic mass is 32.1. The van der Waals surface area contributed by atoms with Gasteiger partial charge >= 0.3 is 0 Å². The van der Waals surface area contributed by atoms with Crippen LogP contribution in [0.5, 0.6) is 0 Å². The topological polar surface area (TPSA) is 79.4 Å². The highest BCUT2D eigenvalue weighted by Gasteiger charge is 2.15. The quantitative estimate of drug-likeness (QED) is 0.432. The minimum atomic E-state index is -0.145. The Labute approximate surface area is 188 Å². The van der Waals surface area contributed by atoms with Crippen LogP contribution in [0, 0.1) is 10.7 Å². The SMILES string of the molecule is COCCCn1c(=S)[nH]c2cc(C(=O)NCCCCN3CCC(C)CC3)ccc2c1=O. The Morgan fingerprint density at radius 2 is 2.00 bits per heavy atom. The lowest BCUT2D eigenvalue weighted by Crippen LogP contribution is -2.34. The molecule has 3 rings (SSSR count). The van der Waals surface area contributed by atoms with Gasteiger partial charge in [0.25, 0.3) is 11.5 Å². The van der Waals surface area contributed by atoms with E-state index in [0.717, 1.165) is 25.3 Å². The number of likely N-dealkylation sites (tertiary alicyclic amines) is 1. The number of benzene rings is 1. The summed E-state index contributed by atoms with van der Waals surface area (Å²) in [6.07, 6.45) is 5.33. The second kappa shape index (κ2) is 11.5. The van der Waals surface area contributed by atoms with Gasteiger partial charge < -0.3 is 19.9 Å². The van der Waals surface area contributed by atoms with E-state index in [1.54, 1.807) is 29.9 Å². The van der Waals surface area contributed by atoms with E-state index in [4.69, 9.17) is 17.0 Å². The predicted molar refractivity (Wildman–Crippen MR) is 126 cm³/mol. The zero-order valence-corrected chi connectivity index (χ0v) is 19.4. The molecule has 2 heterocycles. The number of nitrogens with one attached hydrogen (secondary N) is 2. The van der Waals surface area contributed by atoms with Crippen molar-refractivity contribution in [2.75, 3.05) is 39.9 Å². The first-order valence-corrected chi connectivity index (χ1v) is 11.7. The van der Waals surface area contributed by atoms with E-state index in [0.29, 0.717) is 47.4 Å². The fraction of sp³-hybridized carbons (Fsp3) is 0.609. The monoisotopic (exact) mass is 446 g/mol. The number of hydrogen-bond acceptors (Lipinski definition) is 5. The molecular formula is C23H34N4O3S. The second-order valence-corrected chi connectivity index (χ2v) is 8.87. The van der Waals surface area contributed by atoms with Gasteiger partial charge in [-0.05, 0) is 88.1 Å². The molecule has 7 nitrogen and oxygen atoms in total. The number of fused-ring (bicyclic) bond motifs is 1. The molecule has 1 amide bonds. The molecule has 0 radical (unpaired) electrons. The van der Waals surface area contributed by atoms with Crippen molar-refractivity contribution < 1.29 is 9.53 Å². The Bertz CT molecular complexity index is 992. The Balaban J connectivity index is 1.53. The number of aromatic amines is 1. The van der Waals surface area contributed by atoms with E-state index in [-0.39, 0.29) is 11.5 Å². The van der Waals surface area contributed by atoms with E-state index in [2.05, 4.69) is 22.1 Å². The maximum Gasteiger partial charge on any atom is 0.262 e.